The average molecular weight is 230 g/mol. The second-order valence-corrected chi connectivity index (χ2v) is 3.51. The molecule has 0 atom stereocenters. The Kier molecular flexibility index (Phi) is 2.22. The largest absolute Gasteiger partial charge is 0.454 e. The number of anilines is 1. The minimum atomic E-state index is 0.241. The van der Waals surface area contributed by atoms with Gasteiger partial charge in [-0.05, 0) is 24.3 Å². The summed E-state index contributed by atoms with van der Waals surface area (Å²) in [6.07, 6.45) is 1.62. The minimum absolute atomic E-state index is 0.241. The Morgan fingerprint density at radius 3 is 2.94 bits per heavy atom. The van der Waals surface area contributed by atoms with Crippen LogP contribution in [0.1, 0.15) is 0 Å². The van der Waals surface area contributed by atoms with Crippen LogP contribution in [0.3, 0.4) is 0 Å². The van der Waals surface area contributed by atoms with Gasteiger partial charge >= 0.3 is 0 Å². The Bertz CT molecular complexity index is 557. The van der Waals surface area contributed by atoms with Gasteiger partial charge in [0, 0.05) is 12.3 Å². The first-order valence-corrected chi connectivity index (χ1v) is 5.11. The highest BCUT2D eigenvalue weighted by Crippen LogP contribution is 2.36. The van der Waals surface area contributed by atoms with Gasteiger partial charge in [0.2, 0.25) is 12.7 Å². The summed E-state index contributed by atoms with van der Waals surface area (Å²) >= 11 is 0. The molecule has 5 nitrogen and oxygen atoms in total. The third-order valence-electron chi connectivity index (χ3n) is 2.36. The van der Waals surface area contributed by atoms with Gasteiger partial charge in [0.15, 0.2) is 11.5 Å². The first-order chi connectivity index (χ1) is 8.33. The van der Waals surface area contributed by atoms with Gasteiger partial charge in [-0.15, -0.1) is 0 Å². The molecule has 17 heavy (non-hydrogen) atoms. The second-order valence-electron chi connectivity index (χ2n) is 3.51. The van der Waals surface area contributed by atoms with Gasteiger partial charge in [-0.3, -0.25) is 0 Å². The number of ether oxygens (including phenoxy) is 3. The number of benzene rings is 1. The van der Waals surface area contributed by atoms with E-state index in [9.17, 15) is 0 Å². The number of pyridine rings is 1. The van der Waals surface area contributed by atoms with E-state index in [4.69, 9.17) is 19.9 Å². The van der Waals surface area contributed by atoms with E-state index < -0.39 is 0 Å². The Balaban J connectivity index is 1.89. The minimum Gasteiger partial charge on any atom is -0.454 e. The zero-order chi connectivity index (χ0) is 11.7. The number of rotatable bonds is 2. The van der Waals surface area contributed by atoms with Crippen LogP contribution in [0, 0.1) is 0 Å². The molecule has 1 aliphatic rings. The molecule has 3 rings (SSSR count). The predicted molar refractivity (Wildman–Crippen MR) is 61.3 cm³/mol. The molecule has 2 aromatic rings. The second kappa shape index (κ2) is 3.86. The van der Waals surface area contributed by atoms with E-state index in [1.807, 2.05) is 0 Å². The molecule has 1 aromatic carbocycles. The fourth-order valence-electron chi connectivity index (χ4n) is 1.54. The molecule has 0 spiro atoms. The predicted octanol–water partition coefficient (Wildman–Crippen LogP) is 2.18. The van der Waals surface area contributed by atoms with Crippen molar-refractivity contribution in [1.82, 2.24) is 4.98 Å². The molecule has 0 saturated heterocycles. The van der Waals surface area contributed by atoms with Crippen molar-refractivity contribution in [3.63, 3.8) is 0 Å². The highest BCUT2D eigenvalue weighted by atomic mass is 16.7. The van der Waals surface area contributed by atoms with Crippen LogP contribution < -0.4 is 19.9 Å². The van der Waals surface area contributed by atoms with Gasteiger partial charge in [0.1, 0.15) is 5.75 Å². The maximum atomic E-state index is 5.74. The summed E-state index contributed by atoms with van der Waals surface area (Å²) in [6, 6.07) is 8.80. The van der Waals surface area contributed by atoms with Gasteiger partial charge in [0.25, 0.3) is 0 Å². The summed E-state index contributed by atoms with van der Waals surface area (Å²) in [5, 5.41) is 0. The summed E-state index contributed by atoms with van der Waals surface area (Å²) < 4.78 is 16.0. The van der Waals surface area contributed by atoms with Crippen molar-refractivity contribution >= 4 is 5.69 Å². The van der Waals surface area contributed by atoms with Crippen LogP contribution in [0.5, 0.6) is 23.1 Å². The quantitative estimate of drug-likeness (QED) is 0.856. The molecule has 0 unspecified atom stereocenters. The first-order valence-electron chi connectivity index (χ1n) is 5.11. The Morgan fingerprint density at radius 2 is 2.06 bits per heavy atom. The SMILES string of the molecule is Nc1cccnc1Oc1ccc2c(c1)OCO2. The molecule has 0 radical (unpaired) electrons. The van der Waals surface area contributed by atoms with Crippen LogP contribution in [0.4, 0.5) is 5.69 Å². The van der Waals surface area contributed by atoms with Crippen molar-refractivity contribution in [2.24, 2.45) is 0 Å². The Hall–Kier alpha value is -2.43. The lowest BCUT2D eigenvalue weighted by Crippen LogP contribution is -1.94. The normalized spacial score (nSPS) is 12.5. The highest BCUT2D eigenvalue weighted by Gasteiger charge is 2.14. The Labute approximate surface area is 97.7 Å². The lowest BCUT2D eigenvalue weighted by Gasteiger charge is -2.07. The van der Waals surface area contributed by atoms with Gasteiger partial charge < -0.3 is 19.9 Å². The summed E-state index contributed by atoms with van der Waals surface area (Å²) in [7, 11) is 0. The molecule has 2 heterocycles. The maximum absolute atomic E-state index is 5.74. The standard InChI is InChI=1S/C12H10N2O3/c13-9-2-1-5-14-12(9)17-8-3-4-10-11(6-8)16-7-15-10/h1-6H,7,13H2. The number of nitrogens with two attached hydrogens (primary N) is 1. The average Bonchev–Trinajstić information content (AvgIpc) is 2.79. The van der Waals surface area contributed by atoms with Gasteiger partial charge in [-0.1, -0.05) is 0 Å². The zero-order valence-electron chi connectivity index (χ0n) is 8.92. The molecule has 5 heteroatoms. The van der Waals surface area contributed by atoms with Gasteiger partial charge in [0.05, 0.1) is 5.69 Å². The van der Waals surface area contributed by atoms with Crippen LogP contribution in [0.2, 0.25) is 0 Å². The molecule has 86 valence electrons. The maximum Gasteiger partial charge on any atom is 0.242 e. The van der Waals surface area contributed by atoms with Crippen LogP contribution in [-0.2, 0) is 0 Å². The van der Waals surface area contributed by atoms with Crippen LogP contribution in [0.15, 0.2) is 36.5 Å². The number of hydrogen-bond donors (Lipinski definition) is 1. The zero-order valence-corrected chi connectivity index (χ0v) is 8.92. The third-order valence-corrected chi connectivity index (χ3v) is 2.36. The summed E-state index contributed by atoms with van der Waals surface area (Å²) in [5.74, 6) is 2.37. The van der Waals surface area contributed by atoms with Gasteiger partial charge in [-0.2, -0.15) is 0 Å². The fraction of sp³-hybridized carbons (Fsp3) is 0.0833. The third kappa shape index (κ3) is 1.82. The number of aromatic nitrogens is 1. The van der Waals surface area contributed by atoms with E-state index in [1.54, 1.807) is 36.5 Å². The van der Waals surface area contributed by atoms with Crippen molar-refractivity contribution in [2.75, 3.05) is 12.5 Å². The van der Waals surface area contributed by atoms with E-state index >= 15 is 0 Å². The van der Waals surface area contributed by atoms with Crippen molar-refractivity contribution in [2.45, 2.75) is 0 Å². The number of nitrogen functional groups attached to an aromatic ring is 1. The topological polar surface area (TPSA) is 66.6 Å². The van der Waals surface area contributed by atoms with E-state index in [0.717, 1.165) is 0 Å². The van der Waals surface area contributed by atoms with E-state index in [-0.39, 0.29) is 6.79 Å². The summed E-state index contributed by atoms with van der Waals surface area (Å²) in [5.41, 5.74) is 6.23. The van der Waals surface area contributed by atoms with Crippen LogP contribution in [-0.4, -0.2) is 11.8 Å². The molecule has 2 N–H and O–H groups in total. The smallest absolute Gasteiger partial charge is 0.242 e. The number of fused-ring (bicyclic) bond motifs is 1. The monoisotopic (exact) mass is 230 g/mol. The van der Waals surface area contributed by atoms with E-state index in [1.165, 1.54) is 0 Å². The van der Waals surface area contributed by atoms with Gasteiger partial charge in [-0.25, -0.2) is 4.98 Å². The van der Waals surface area contributed by atoms with Crippen molar-refractivity contribution < 1.29 is 14.2 Å². The molecule has 0 fully saturated rings. The van der Waals surface area contributed by atoms with E-state index in [2.05, 4.69) is 4.98 Å². The molecule has 0 aliphatic carbocycles. The Morgan fingerprint density at radius 1 is 1.18 bits per heavy atom. The molecule has 0 bridgehead atoms. The first kappa shape index (κ1) is 9.77. The number of hydrogen-bond acceptors (Lipinski definition) is 5. The summed E-state index contributed by atoms with van der Waals surface area (Å²) in [6.45, 7) is 0.241. The van der Waals surface area contributed by atoms with E-state index in [0.29, 0.717) is 28.8 Å². The fourth-order valence-corrected chi connectivity index (χ4v) is 1.54. The lowest BCUT2D eigenvalue weighted by molar-refractivity contribution is 0.174. The molecule has 0 amide bonds. The highest BCUT2D eigenvalue weighted by molar-refractivity contribution is 5.51. The van der Waals surface area contributed by atoms with Crippen molar-refractivity contribution in [3.8, 4) is 23.1 Å². The lowest BCUT2D eigenvalue weighted by atomic mass is 10.3. The molecule has 1 aliphatic heterocycles. The molecule has 0 saturated carbocycles. The van der Waals surface area contributed by atoms with Crippen molar-refractivity contribution in [1.29, 1.82) is 0 Å². The molecular weight excluding hydrogens is 220 g/mol. The van der Waals surface area contributed by atoms with Crippen LogP contribution in [0.25, 0.3) is 0 Å². The van der Waals surface area contributed by atoms with Crippen LogP contribution >= 0.6 is 0 Å². The van der Waals surface area contributed by atoms with Crippen molar-refractivity contribution in [3.05, 3.63) is 36.5 Å². The number of nitrogens with zero attached hydrogens (tertiary/aromatic N) is 1. The summed E-state index contributed by atoms with van der Waals surface area (Å²) in [4.78, 5) is 4.05. The molecule has 1 aromatic heterocycles. The molecular formula is C12H10N2O3.